The quantitative estimate of drug-likeness (QED) is 0.733. The second-order valence-corrected chi connectivity index (χ2v) is 4.64. The van der Waals surface area contributed by atoms with Crippen LogP contribution in [0.2, 0.25) is 0 Å². The molecular weight excluding hydrogens is 255 g/mol. The van der Waals surface area contributed by atoms with E-state index in [0.29, 0.717) is 12.4 Å². The number of rotatable bonds is 3. The van der Waals surface area contributed by atoms with Crippen molar-refractivity contribution in [1.29, 1.82) is 0 Å². The predicted molar refractivity (Wildman–Crippen MR) is 73.5 cm³/mol. The molecule has 0 bridgehead atoms. The highest BCUT2D eigenvalue weighted by Gasteiger charge is 2.06. The zero-order chi connectivity index (χ0) is 13.9. The third kappa shape index (κ3) is 2.71. The molecule has 3 aromatic rings. The van der Waals surface area contributed by atoms with E-state index >= 15 is 0 Å². The Morgan fingerprint density at radius 2 is 1.70 bits per heavy atom. The molecule has 0 saturated heterocycles. The van der Waals surface area contributed by atoms with Gasteiger partial charge in [0.15, 0.2) is 0 Å². The number of hydrogen-bond donors (Lipinski definition) is 0. The maximum atomic E-state index is 12.9. The van der Waals surface area contributed by atoms with E-state index in [4.69, 9.17) is 0 Å². The fraction of sp³-hybridized carbons (Fsp3) is 0.133. The Hall–Kier alpha value is -2.56. The molecule has 0 spiro atoms. The van der Waals surface area contributed by atoms with E-state index < -0.39 is 0 Å². The summed E-state index contributed by atoms with van der Waals surface area (Å²) in [5.74, 6) is 0.220. The first kappa shape index (κ1) is 12.5. The monoisotopic (exact) mass is 268 g/mol. The van der Waals surface area contributed by atoms with Gasteiger partial charge in [0.1, 0.15) is 5.82 Å². The molecule has 0 unspecified atom stereocenters. The van der Waals surface area contributed by atoms with Crippen molar-refractivity contribution in [3.05, 3.63) is 65.5 Å². The lowest BCUT2D eigenvalue weighted by Crippen LogP contribution is -2.03. The maximum absolute atomic E-state index is 12.9. The third-order valence-electron chi connectivity index (χ3n) is 3.00. The summed E-state index contributed by atoms with van der Waals surface area (Å²) in [4.78, 5) is 1.53. The molecule has 1 aromatic heterocycles. The number of aromatic nitrogens is 4. The molecule has 0 aliphatic heterocycles. The highest BCUT2D eigenvalue weighted by molar-refractivity contribution is 5.53. The first-order chi connectivity index (χ1) is 9.70. The Bertz CT molecular complexity index is 701. The van der Waals surface area contributed by atoms with Gasteiger partial charge in [-0.2, -0.15) is 4.80 Å². The van der Waals surface area contributed by atoms with Crippen LogP contribution < -0.4 is 0 Å². The molecule has 0 amide bonds. The summed E-state index contributed by atoms with van der Waals surface area (Å²) in [6.45, 7) is 2.61. The van der Waals surface area contributed by atoms with E-state index in [9.17, 15) is 4.39 Å². The summed E-state index contributed by atoms with van der Waals surface area (Å²) < 4.78 is 12.9. The maximum Gasteiger partial charge on any atom is 0.204 e. The summed E-state index contributed by atoms with van der Waals surface area (Å²) in [7, 11) is 0. The van der Waals surface area contributed by atoms with Crippen LogP contribution in [-0.2, 0) is 6.54 Å². The van der Waals surface area contributed by atoms with Gasteiger partial charge in [-0.15, -0.1) is 10.2 Å². The van der Waals surface area contributed by atoms with Gasteiger partial charge in [-0.05, 0) is 42.0 Å². The Kier molecular flexibility index (Phi) is 3.25. The predicted octanol–water partition coefficient (Wildman–Crippen LogP) is 2.84. The van der Waals surface area contributed by atoms with Crippen LogP contribution in [0, 0.1) is 12.7 Å². The van der Waals surface area contributed by atoms with Crippen molar-refractivity contribution in [2.24, 2.45) is 0 Å². The molecule has 1 heterocycles. The van der Waals surface area contributed by atoms with Crippen LogP contribution >= 0.6 is 0 Å². The SMILES string of the molecule is Cc1ccc(Cn2nnc(-c3ccc(F)cc3)n2)cc1. The molecule has 0 fully saturated rings. The smallest absolute Gasteiger partial charge is 0.204 e. The first-order valence-corrected chi connectivity index (χ1v) is 6.30. The molecule has 5 heteroatoms. The van der Waals surface area contributed by atoms with Crippen LogP contribution in [0.3, 0.4) is 0 Å². The normalized spacial score (nSPS) is 10.7. The molecule has 0 saturated carbocycles. The molecule has 20 heavy (non-hydrogen) atoms. The number of aryl methyl sites for hydroxylation is 1. The minimum absolute atomic E-state index is 0.277. The average Bonchev–Trinajstić information content (AvgIpc) is 2.91. The van der Waals surface area contributed by atoms with Crippen molar-refractivity contribution in [2.75, 3.05) is 0 Å². The minimum atomic E-state index is -0.277. The van der Waals surface area contributed by atoms with Crippen molar-refractivity contribution < 1.29 is 4.39 Å². The Balaban J connectivity index is 1.80. The standard InChI is InChI=1S/C15H13FN4/c1-11-2-4-12(5-3-11)10-20-18-15(17-19-20)13-6-8-14(16)9-7-13/h2-9H,10H2,1H3. The minimum Gasteiger partial charge on any atom is -0.207 e. The van der Waals surface area contributed by atoms with E-state index in [1.54, 1.807) is 12.1 Å². The van der Waals surface area contributed by atoms with Crippen molar-refractivity contribution in [3.63, 3.8) is 0 Å². The van der Waals surface area contributed by atoms with E-state index in [2.05, 4.69) is 15.4 Å². The summed E-state index contributed by atoms with van der Waals surface area (Å²) in [5.41, 5.74) is 3.08. The molecule has 3 rings (SSSR count). The Labute approximate surface area is 115 Å². The highest BCUT2D eigenvalue weighted by atomic mass is 19.1. The topological polar surface area (TPSA) is 43.6 Å². The van der Waals surface area contributed by atoms with Gasteiger partial charge in [-0.25, -0.2) is 4.39 Å². The zero-order valence-corrected chi connectivity index (χ0v) is 11.0. The summed E-state index contributed by atoms with van der Waals surface area (Å²) in [6, 6.07) is 14.2. The van der Waals surface area contributed by atoms with Gasteiger partial charge in [-0.1, -0.05) is 29.8 Å². The van der Waals surface area contributed by atoms with Crippen LogP contribution in [0.15, 0.2) is 48.5 Å². The van der Waals surface area contributed by atoms with E-state index in [1.807, 2.05) is 31.2 Å². The lowest BCUT2D eigenvalue weighted by atomic mass is 10.1. The van der Waals surface area contributed by atoms with Crippen LogP contribution in [-0.4, -0.2) is 20.2 Å². The van der Waals surface area contributed by atoms with Crippen molar-refractivity contribution >= 4 is 0 Å². The van der Waals surface area contributed by atoms with Crippen molar-refractivity contribution in [1.82, 2.24) is 20.2 Å². The number of tetrazole rings is 1. The van der Waals surface area contributed by atoms with Gasteiger partial charge in [0, 0.05) is 5.56 Å². The van der Waals surface area contributed by atoms with E-state index in [0.717, 1.165) is 11.1 Å². The average molecular weight is 268 g/mol. The van der Waals surface area contributed by atoms with E-state index in [-0.39, 0.29) is 5.82 Å². The molecule has 0 N–H and O–H groups in total. The first-order valence-electron chi connectivity index (χ1n) is 6.30. The molecule has 0 aliphatic rings. The number of halogens is 1. The molecule has 0 atom stereocenters. The molecule has 4 nitrogen and oxygen atoms in total. The molecule has 2 aromatic carbocycles. The van der Waals surface area contributed by atoms with Gasteiger partial charge in [-0.3, -0.25) is 0 Å². The zero-order valence-electron chi connectivity index (χ0n) is 11.0. The largest absolute Gasteiger partial charge is 0.207 e. The lowest BCUT2D eigenvalue weighted by molar-refractivity contribution is 0.573. The highest BCUT2D eigenvalue weighted by Crippen LogP contribution is 2.14. The van der Waals surface area contributed by atoms with Gasteiger partial charge in [0.2, 0.25) is 5.82 Å². The molecule has 0 radical (unpaired) electrons. The van der Waals surface area contributed by atoms with Crippen LogP contribution in [0.1, 0.15) is 11.1 Å². The summed E-state index contributed by atoms with van der Waals surface area (Å²) in [5, 5.41) is 12.3. The van der Waals surface area contributed by atoms with Gasteiger partial charge in [0.25, 0.3) is 0 Å². The summed E-state index contributed by atoms with van der Waals surface area (Å²) in [6.07, 6.45) is 0. The molecule has 0 aliphatic carbocycles. The van der Waals surface area contributed by atoms with Crippen molar-refractivity contribution in [2.45, 2.75) is 13.5 Å². The second kappa shape index (κ2) is 5.21. The Morgan fingerprint density at radius 3 is 2.40 bits per heavy atom. The van der Waals surface area contributed by atoms with Crippen molar-refractivity contribution in [3.8, 4) is 11.4 Å². The number of benzene rings is 2. The number of hydrogen-bond acceptors (Lipinski definition) is 3. The fourth-order valence-corrected chi connectivity index (χ4v) is 1.88. The van der Waals surface area contributed by atoms with Crippen LogP contribution in [0.4, 0.5) is 4.39 Å². The van der Waals surface area contributed by atoms with Crippen LogP contribution in [0.25, 0.3) is 11.4 Å². The summed E-state index contributed by atoms with van der Waals surface area (Å²) >= 11 is 0. The van der Waals surface area contributed by atoms with Crippen LogP contribution in [0.5, 0.6) is 0 Å². The van der Waals surface area contributed by atoms with Gasteiger partial charge in [0.05, 0.1) is 6.54 Å². The van der Waals surface area contributed by atoms with Gasteiger partial charge >= 0.3 is 0 Å². The Morgan fingerprint density at radius 1 is 1.00 bits per heavy atom. The molecule has 100 valence electrons. The third-order valence-corrected chi connectivity index (χ3v) is 3.00. The number of nitrogens with zero attached hydrogens (tertiary/aromatic N) is 4. The van der Waals surface area contributed by atoms with Gasteiger partial charge < -0.3 is 0 Å². The molecular formula is C15H13FN4. The second-order valence-electron chi connectivity index (χ2n) is 4.64. The fourth-order valence-electron chi connectivity index (χ4n) is 1.88. The van der Waals surface area contributed by atoms with E-state index in [1.165, 1.54) is 22.5 Å². The lowest BCUT2D eigenvalue weighted by Gasteiger charge is -2.00.